The first-order chi connectivity index (χ1) is 4.27. The number of hydrogen-bond donors (Lipinski definition) is 1. The number of nitrogens with two attached hydrogens (primary N) is 1. The van der Waals surface area contributed by atoms with Crippen molar-refractivity contribution in [1.82, 2.24) is 0 Å². The zero-order valence-electron chi connectivity index (χ0n) is 5.72. The van der Waals surface area contributed by atoms with Crippen LogP contribution >= 0.6 is 0 Å². The number of rotatable bonds is 1. The highest BCUT2D eigenvalue weighted by atomic mass is 16.6. The molecule has 0 aromatic rings. The molecule has 0 bridgehead atoms. The second-order valence-electron chi connectivity index (χ2n) is 2.32. The largest absolute Gasteiger partial charge is 0.375 e. The van der Waals surface area contributed by atoms with Gasteiger partial charge in [-0.1, -0.05) is 6.92 Å². The van der Waals surface area contributed by atoms with E-state index in [1.54, 1.807) is 0 Å². The fourth-order valence-electron chi connectivity index (χ4n) is 0.795. The van der Waals surface area contributed by atoms with Gasteiger partial charge >= 0.3 is 0 Å². The maximum atomic E-state index is 5.71. The number of hydrogen-bond acceptors (Lipinski definition) is 3. The van der Waals surface area contributed by atoms with Gasteiger partial charge in [0, 0.05) is 0 Å². The van der Waals surface area contributed by atoms with Crippen LogP contribution in [0.5, 0.6) is 0 Å². The van der Waals surface area contributed by atoms with Crippen molar-refractivity contribution in [3.8, 4) is 0 Å². The Hall–Kier alpha value is -0.120. The van der Waals surface area contributed by atoms with E-state index in [0.29, 0.717) is 19.8 Å². The minimum Gasteiger partial charge on any atom is -0.375 e. The molecule has 0 amide bonds. The maximum Gasteiger partial charge on any atom is 0.140 e. The van der Waals surface area contributed by atoms with Crippen molar-refractivity contribution < 1.29 is 9.47 Å². The molecule has 1 unspecified atom stereocenters. The predicted octanol–water partition coefficient (Wildman–Crippen LogP) is 0.0982. The molecule has 3 heteroatoms. The molecular weight excluding hydrogens is 118 g/mol. The van der Waals surface area contributed by atoms with Gasteiger partial charge in [-0.05, 0) is 6.42 Å². The molecule has 0 radical (unpaired) electrons. The lowest BCUT2D eigenvalue weighted by Crippen LogP contribution is -2.50. The second kappa shape index (κ2) is 2.64. The molecule has 1 heterocycles. The van der Waals surface area contributed by atoms with Gasteiger partial charge in [0.25, 0.3) is 0 Å². The molecule has 3 nitrogen and oxygen atoms in total. The van der Waals surface area contributed by atoms with E-state index in [0.717, 1.165) is 6.42 Å². The topological polar surface area (TPSA) is 44.5 Å². The van der Waals surface area contributed by atoms with Crippen LogP contribution < -0.4 is 5.73 Å². The van der Waals surface area contributed by atoms with Gasteiger partial charge in [-0.3, -0.25) is 0 Å². The van der Waals surface area contributed by atoms with Crippen LogP contribution in [-0.2, 0) is 9.47 Å². The van der Waals surface area contributed by atoms with E-state index in [1.165, 1.54) is 0 Å². The van der Waals surface area contributed by atoms with Crippen molar-refractivity contribution in [2.24, 2.45) is 5.73 Å². The van der Waals surface area contributed by atoms with Crippen LogP contribution in [-0.4, -0.2) is 25.5 Å². The third-order valence-corrected chi connectivity index (χ3v) is 1.56. The van der Waals surface area contributed by atoms with Crippen LogP contribution in [0.1, 0.15) is 13.3 Å². The number of ether oxygens (including phenoxy) is 2. The van der Waals surface area contributed by atoms with Crippen molar-refractivity contribution in [2.45, 2.75) is 19.1 Å². The SMILES string of the molecule is CCC1(N)COCCO1. The summed E-state index contributed by atoms with van der Waals surface area (Å²) in [5, 5.41) is 0. The zero-order chi connectivity index (χ0) is 6.74. The zero-order valence-corrected chi connectivity index (χ0v) is 5.72. The van der Waals surface area contributed by atoms with E-state index in [-0.39, 0.29) is 0 Å². The van der Waals surface area contributed by atoms with Crippen LogP contribution in [0.3, 0.4) is 0 Å². The van der Waals surface area contributed by atoms with Crippen molar-refractivity contribution in [1.29, 1.82) is 0 Å². The van der Waals surface area contributed by atoms with Crippen LogP contribution in [0.15, 0.2) is 0 Å². The van der Waals surface area contributed by atoms with Crippen LogP contribution in [0.2, 0.25) is 0 Å². The van der Waals surface area contributed by atoms with Gasteiger partial charge in [0.05, 0.1) is 19.8 Å². The van der Waals surface area contributed by atoms with Crippen molar-refractivity contribution >= 4 is 0 Å². The summed E-state index contributed by atoms with van der Waals surface area (Å²) in [5.41, 5.74) is 5.21. The Balaban J connectivity index is 2.37. The quantitative estimate of drug-likeness (QED) is 0.549. The maximum absolute atomic E-state index is 5.71. The lowest BCUT2D eigenvalue weighted by atomic mass is 10.2. The molecule has 1 atom stereocenters. The Kier molecular flexibility index (Phi) is 2.05. The smallest absolute Gasteiger partial charge is 0.140 e. The fourth-order valence-corrected chi connectivity index (χ4v) is 0.795. The molecule has 9 heavy (non-hydrogen) atoms. The van der Waals surface area contributed by atoms with Crippen LogP contribution in [0, 0.1) is 0 Å². The van der Waals surface area contributed by atoms with E-state index in [2.05, 4.69) is 0 Å². The highest BCUT2D eigenvalue weighted by Crippen LogP contribution is 2.12. The van der Waals surface area contributed by atoms with E-state index in [9.17, 15) is 0 Å². The molecule has 54 valence electrons. The summed E-state index contributed by atoms with van der Waals surface area (Å²) in [5.74, 6) is 0. The average molecular weight is 131 g/mol. The van der Waals surface area contributed by atoms with Gasteiger partial charge in [0.1, 0.15) is 5.72 Å². The Labute approximate surface area is 55.1 Å². The Morgan fingerprint density at radius 1 is 1.56 bits per heavy atom. The Morgan fingerprint density at radius 2 is 2.33 bits per heavy atom. The third-order valence-electron chi connectivity index (χ3n) is 1.56. The lowest BCUT2D eigenvalue weighted by Gasteiger charge is -2.32. The highest BCUT2D eigenvalue weighted by Gasteiger charge is 2.26. The summed E-state index contributed by atoms with van der Waals surface area (Å²) >= 11 is 0. The second-order valence-corrected chi connectivity index (χ2v) is 2.32. The Morgan fingerprint density at radius 3 is 2.67 bits per heavy atom. The first-order valence-corrected chi connectivity index (χ1v) is 3.27. The molecule has 2 N–H and O–H groups in total. The summed E-state index contributed by atoms with van der Waals surface area (Å²) in [6.45, 7) is 3.83. The molecule has 1 aliphatic rings. The summed E-state index contributed by atoms with van der Waals surface area (Å²) < 4.78 is 10.4. The predicted molar refractivity (Wildman–Crippen MR) is 34.0 cm³/mol. The summed E-state index contributed by atoms with van der Waals surface area (Å²) in [6, 6.07) is 0. The van der Waals surface area contributed by atoms with Crippen molar-refractivity contribution in [3.05, 3.63) is 0 Å². The highest BCUT2D eigenvalue weighted by molar-refractivity contribution is 4.72. The lowest BCUT2D eigenvalue weighted by molar-refractivity contribution is -0.155. The van der Waals surface area contributed by atoms with E-state index < -0.39 is 5.72 Å². The molecule has 0 saturated carbocycles. The molecule has 0 spiro atoms. The van der Waals surface area contributed by atoms with E-state index in [1.807, 2.05) is 6.92 Å². The van der Waals surface area contributed by atoms with Gasteiger partial charge in [-0.2, -0.15) is 0 Å². The normalized spacial score (nSPS) is 36.7. The molecule has 1 saturated heterocycles. The van der Waals surface area contributed by atoms with Crippen molar-refractivity contribution in [3.63, 3.8) is 0 Å². The van der Waals surface area contributed by atoms with E-state index >= 15 is 0 Å². The van der Waals surface area contributed by atoms with Gasteiger partial charge in [0.2, 0.25) is 0 Å². The molecule has 0 aliphatic carbocycles. The first-order valence-electron chi connectivity index (χ1n) is 3.27. The van der Waals surface area contributed by atoms with Gasteiger partial charge in [-0.25, -0.2) is 0 Å². The molecule has 1 fully saturated rings. The monoisotopic (exact) mass is 131 g/mol. The van der Waals surface area contributed by atoms with Gasteiger partial charge in [-0.15, -0.1) is 0 Å². The summed E-state index contributed by atoms with van der Waals surface area (Å²) in [6.07, 6.45) is 0.812. The molecule has 0 aromatic heterocycles. The third kappa shape index (κ3) is 1.64. The van der Waals surface area contributed by atoms with Crippen molar-refractivity contribution in [2.75, 3.05) is 19.8 Å². The molecule has 1 aliphatic heterocycles. The van der Waals surface area contributed by atoms with Gasteiger partial charge in [0.15, 0.2) is 0 Å². The minimum absolute atomic E-state index is 0.502. The van der Waals surface area contributed by atoms with Crippen LogP contribution in [0.25, 0.3) is 0 Å². The molecular formula is C6H13NO2. The van der Waals surface area contributed by atoms with Crippen LogP contribution in [0.4, 0.5) is 0 Å². The standard InChI is InChI=1S/C6H13NO2/c1-2-6(7)5-8-3-4-9-6/h2-5,7H2,1H3. The fraction of sp³-hybridized carbons (Fsp3) is 1.00. The summed E-state index contributed by atoms with van der Waals surface area (Å²) in [7, 11) is 0. The Bertz CT molecular complexity index is 89.1. The summed E-state index contributed by atoms with van der Waals surface area (Å²) in [4.78, 5) is 0. The molecule has 0 aromatic carbocycles. The van der Waals surface area contributed by atoms with E-state index in [4.69, 9.17) is 15.2 Å². The first kappa shape index (κ1) is 6.99. The molecule has 1 rings (SSSR count). The minimum atomic E-state index is -0.502. The average Bonchev–Trinajstić information content (AvgIpc) is 1.90. The van der Waals surface area contributed by atoms with Gasteiger partial charge < -0.3 is 15.2 Å².